The smallest absolute Gasteiger partial charge is 0.410 e. The quantitative estimate of drug-likeness (QED) is 0.787. The molecule has 0 saturated carbocycles. The topological polar surface area (TPSA) is 46.6 Å². The van der Waals surface area contributed by atoms with Gasteiger partial charge in [0, 0.05) is 12.5 Å². The van der Waals surface area contributed by atoms with Crippen molar-refractivity contribution < 1.29 is 18.7 Å². The Bertz CT molecular complexity index is 438. The minimum Gasteiger partial charge on any atom is -0.445 e. The van der Waals surface area contributed by atoms with E-state index in [0.717, 1.165) is 5.56 Å². The molecule has 0 spiro atoms. The zero-order valence-electron chi connectivity index (χ0n) is 10.5. The molecule has 5 heteroatoms. The van der Waals surface area contributed by atoms with E-state index >= 15 is 0 Å². The van der Waals surface area contributed by atoms with E-state index in [4.69, 9.17) is 4.74 Å². The molecule has 2 atom stereocenters. The fourth-order valence-corrected chi connectivity index (χ4v) is 2.05. The molecule has 0 N–H and O–H groups in total. The molecule has 1 aliphatic heterocycles. The van der Waals surface area contributed by atoms with Crippen LogP contribution in [0.5, 0.6) is 0 Å². The van der Waals surface area contributed by atoms with Gasteiger partial charge in [-0.2, -0.15) is 0 Å². The first-order valence-corrected chi connectivity index (χ1v) is 6.25. The number of amides is 1. The second-order valence-corrected chi connectivity index (χ2v) is 4.59. The minimum atomic E-state index is -1.30. The minimum absolute atomic E-state index is 0.0724. The Labute approximate surface area is 111 Å². The molecule has 2 rings (SSSR count). The van der Waals surface area contributed by atoms with Gasteiger partial charge in [0.15, 0.2) is 0 Å². The fraction of sp³-hybridized carbons (Fsp3) is 0.429. The molecule has 1 aliphatic rings. The zero-order chi connectivity index (χ0) is 13.7. The van der Waals surface area contributed by atoms with Crippen molar-refractivity contribution in [3.8, 4) is 0 Å². The van der Waals surface area contributed by atoms with Crippen LogP contribution >= 0.6 is 0 Å². The predicted octanol–water partition coefficient (Wildman–Crippen LogP) is 2.18. The van der Waals surface area contributed by atoms with Crippen LogP contribution in [0.3, 0.4) is 0 Å². The van der Waals surface area contributed by atoms with Crippen LogP contribution in [0.15, 0.2) is 30.3 Å². The number of hydrogen-bond donors (Lipinski definition) is 0. The van der Waals surface area contributed by atoms with Crippen molar-refractivity contribution in [1.29, 1.82) is 0 Å². The molecule has 4 nitrogen and oxygen atoms in total. The number of carbonyl (C=O) groups excluding carboxylic acids is 2. The molecular formula is C14H16FNO3. The molecule has 19 heavy (non-hydrogen) atoms. The van der Waals surface area contributed by atoms with Gasteiger partial charge in [-0.1, -0.05) is 30.3 Å². The normalized spacial score (nSPS) is 22.9. The van der Waals surface area contributed by atoms with Gasteiger partial charge in [-0.3, -0.25) is 0 Å². The SMILES string of the molecule is O=CC1CCN(C(=O)OCc2ccccc2)C[C@@H]1F. The van der Waals surface area contributed by atoms with E-state index in [-0.39, 0.29) is 13.2 Å². The van der Waals surface area contributed by atoms with E-state index in [0.29, 0.717) is 19.3 Å². The molecule has 0 aromatic heterocycles. The number of alkyl halides is 1. The molecule has 0 aliphatic carbocycles. The first-order chi connectivity index (χ1) is 9.20. The summed E-state index contributed by atoms with van der Waals surface area (Å²) in [5.41, 5.74) is 0.885. The van der Waals surface area contributed by atoms with Crippen LogP contribution in [0.4, 0.5) is 9.18 Å². The maximum atomic E-state index is 13.5. The van der Waals surface area contributed by atoms with Gasteiger partial charge in [0.1, 0.15) is 19.1 Å². The van der Waals surface area contributed by atoms with Crippen LogP contribution in [0.25, 0.3) is 0 Å². The number of rotatable bonds is 3. The van der Waals surface area contributed by atoms with Gasteiger partial charge in [0.25, 0.3) is 0 Å². The maximum Gasteiger partial charge on any atom is 0.410 e. The third kappa shape index (κ3) is 3.53. The molecule has 1 saturated heterocycles. The van der Waals surface area contributed by atoms with Gasteiger partial charge in [-0.05, 0) is 12.0 Å². The molecule has 0 radical (unpaired) electrons. The van der Waals surface area contributed by atoms with Crippen molar-refractivity contribution in [1.82, 2.24) is 4.90 Å². The molecule has 1 unspecified atom stereocenters. The molecule has 1 fully saturated rings. The van der Waals surface area contributed by atoms with Crippen molar-refractivity contribution in [3.05, 3.63) is 35.9 Å². The average Bonchev–Trinajstić information content (AvgIpc) is 2.45. The summed E-state index contributed by atoms with van der Waals surface area (Å²) >= 11 is 0. The Morgan fingerprint density at radius 3 is 2.79 bits per heavy atom. The van der Waals surface area contributed by atoms with E-state index < -0.39 is 18.2 Å². The number of likely N-dealkylation sites (tertiary alicyclic amines) is 1. The van der Waals surface area contributed by atoms with Gasteiger partial charge < -0.3 is 14.4 Å². The number of aldehydes is 1. The lowest BCUT2D eigenvalue weighted by Crippen LogP contribution is -2.45. The lowest BCUT2D eigenvalue weighted by Gasteiger charge is -2.31. The number of carbonyl (C=O) groups is 2. The Morgan fingerprint density at radius 2 is 2.16 bits per heavy atom. The summed E-state index contributed by atoms with van der Waals surface area (Å²) in [7, 11) is 0. The third-order valence-corrected chi connectivity index (χ3v) is 3.23. The van der Waals surface area contributed by atoms with E-state index in [2.05, 4.69) is 0 Å². The number of benzene rings is 1. The average molecular weight is 265 g/mol. The lowest BCUT2D eigenvalue weighted by molar-refractivity contribution is -0.114. The molecular weight excluding hydrogens is 249 g/mol. The van der Waals surface area contributed by atoms with E-state index in [1.165, 1.54) is 4.90 Å². The number of hydrogen-bond acceptors (Lipinski definition) is 3. The first kappa shape index (κ1) is 13.5. The summed E-state index contributed by atoms with van der Waals surface area (Å²) in [4.78, 5) is 23.7. The van der Waals surface area contributed by atoms with E-state index in [9.17, 15) is 14.0 Å². The molecule has 1 aromatic carbocycles. The van der Waals surface area contributed by atoms with Crippen molar-refractivity contribution in [3.63, 3.8) is 0 Å². The summed E-state index contributed by atoms with van der Waals surface area (Å²) in [5, 5.41) is 0. The fourth-order valence-electron chi connectivity index (χ4n) is 2.05. The summed E-state index contributed by atoms with van der Waals surface area (Å²) in [6.45, 7) is 0.457. The molecule has 1 aromatic rings. The second kappa shape index (κ2) is 6.31. The largest absolute Gasteiger partial charge is 0.445 e. The number of halogens is 1. The van der Waals surface area contributed by atoms with Crippen molar-refractivity contribution >= 4 is 12.4 Å². The number of ether oxygens (including phenoxy) is 1. The standard InChI is InChI=1S/C14H16FNO3/c15-13-8-16(7-6-12(13)9-17)14(18)19-10-11-4-2-1-3-5-11/h1-5,9,12-13H,6-8,10H2/t12?,13-/m0/s1. The highest BCUT2D eigenvalue weighted by atomic mass is 19.1. The summed E-state index contributed by atoms with van der Waals surface area (Å²) in [6, 6.07) is 9.30. The number of nitrogens with zero attached hydrogens (tertiary/aromatic N) is 1. The lowest BCUT2D eigenvalue weighted by atomic mass is 9.97. The molecule has 0 bridgehead atoms. The highest BCUT2D eigenvalue weighted by Gasteiger charge is 2.31. The Morgan fingerprint density at radius 1 is 1.42 bits per heavy atom. The van der Waals surface area contributed by atoms with Gasteiger partial charge in [-0.25, -0.2) is 9.18 Å². The predicted molar refractivity (Wildman–Crippen MR) is 67.3 cm³/mol. The molecule has 102 valence electrons. The summed E-state index contributed by atoms with van der Waals surface area (Å²) < 4.78 is 18.7. The van der Waals surface area contributed by atoms with Crippen LogP contribution in [0, 0.1) is 5.92 Å². The maximum absolute atomic E-state index is 13.5. The highest BCUT2D eigenvalue weighted by Crippen LogP contribution is 2.19. The van der Waals surface area contributed by atoms with Gasteiger partial charge in [-0.15, -0.1) is 0 Å². The second-order valence-electron chi connectivity index (χ2n) is 4.59. The van der Waals surface area contributed by atoms with Crippen LogP contribution < -0.4 is 0 Å². The molecule has 1 heterocycles. The van der Waals surface area contributed by atoms with Crippen LogP contribution in [0.2, 0.25) is 0 Å². The van der Waals surface area contributed by atoms with Gasteiger partial charge >= 0.3 is 6.09 Å². The zero-order valence-corrected chi connectivity index (χ0v) is 10.5. The van der Waals surface area contributed by atoms with Crippen molar-refractivity contribution in [2.45, 2.75) is 19.2 Å². The van der Waals surface area contributed by atoms with Gasteiger partial charge in [0.2, 0.25) is 0 Å². The Balaban J connectivity index is 1.82. The van der Waals surface area contributed by atoms with Crippen LogP contribution in [-0.2, 0) is 16.1 Å². The van der Waals surface area contributed by atoms with Crippen LogP contribution in [-0.4, -0.2) is 36.5 Å². The summed E-state index contributed by atoms with van der Waals surface area (Å²) in [5.74, 6) is -0.599. The van der Waals surface area contributed by atoms with Gasteiger partial charge in [0.05, 0.1) is 6.54 Å². The molecule has 1 amide bonds. The van der Waals surface area contributed by atoms with E-state index in [1.807, 2.05) is 30.3 Å². The van der Waals surface area contributed by atoms with Crippen LogP contribution in [0.1, 0.15) is 12.0 Å². The Hall–Kier alpha value is -1.91. The highest BCUT2D eigenvalue weighted by molar-refractivity contribution is 5.68. The van der Waals surface area contributed by atoms with Crippen molar-refractivity contribution in [2.24, 2.45) is 5.92 Å². The monoisotopic (exact) mass is 265 g/mol. The number of piperidine rings is 1. The Kier molecular flexibility index (Phi) is 4.49. The van der Waals surface area contributed by atoms with E-state index in [1.54, 1.807) is 0 Å². The summed E-state index contributed by atoms with van der Waals surface area (Å²) in [6.07, 6.45) is -0.853. The third-order valence-electron chi connectivity index (χ3n) is 3.23. The van der Waals surface area contributed by atoms with Crippen molar-refractivity contribution in [2.75, 3.05) is 13.1 Å². The first-order valence-electron chi connectivity index (χ1n) is 6.25.